The van der Waals surface area contributed by atoms with Crippen LogP contribution >= 0.6 is 11.6 Å². The van der Waals surface area contributed by atoms with Crippen molar-refractivity contribution in [2.75, 3.05) is 24.7 Å². The van der Waals surface area contributed by atoms with Crippen LogP contribution in [0, 0.1) is 0 Å². The maximum atomic E-state index is 6.38. The van der Waals surface area contributed by atoms with Crippen LogP contribution in [0.5, 0.6) is 0 Å². The van der Waals surface area contributed by atoms with Gasteiger partial charge in [-0.3, -0.25) is 0 Å². The summed E-state index contributed by atoms with van der Waals surface area (Å²) < 4.78 is 7.41. The van der Waals surface area contributed by atoms with Crippen molar-refractivity contribution < 1.29 is 4.74 Å². The van der Waals surface area contributed by atoms with Crippen LogP contribution in [-0.2, 0) is 16.7 Å². The van der Waals surface area contributed by atoms with Gasteiger partial charge in [0, 0.05) is 17.0 Å². The van der Waals surface area contributed by atoms with E-state index in [0.29, 0.717) is 11.6 Å². The first-order valence-corrected chi connectivity index (χ1v) is 10.5. The van der Waals surface area contributed by atoms with Crippen molar-refractivity contribution in [3.63, 3.8) is 0 Å². The van der Waals surface area contributed by atoms with Gasteiger partial charge in [-0.05, 0) is 24.5 Å². The topological polar surface area (TPSA) is 69.0 Å². The first kappa shape index (κ1) is 18.8. The number of ether oxygens (including phenoxy) is 1. The Hall–Kier alpha value is -2.25. The SMILES string of the molecule is CC(C)(C)c1nc(N2CCCC23COC3)c2nnn(Cc3ccccc3Cl)c2n1. The van der Waals surface area contributed by atoms with E-state index in [4.69, 9.17) is 26.3 Å². The van der Waals surface area contributed by atoms with E-state index in [1.807, 2.05) is 28.9 Å². The van der Waals surface area contributed by atoms with Crippen LogP contribution in [0.2, 0.25) is 5.02 Å². The van der Waals surface area contributed by atoms with E-state index in [9.17, 15) is 0 Å². The second-order valence-electron chi connectivity index (χ2n) is 9.10. The van der Waals surface area contributed by atoms with Crippen molar-refractivity contribution in [2.24, 2.45) is 0 Å². The molecular formula is C21H25ClN6O. The minimum absolute atomic E-state index is 0.0446. The third-order valence-electron chi connectivity index (χ3n) is 5.89. The van der Waals surface area contributed by atoms with E-state index in [1.165, 1.54) is 0 Å². The standard InChI is InChI=1S/C21H25ClN6O/c1-20(2,3)19-23-17(27-10-6-9-21(27)12-29-13-21)16-18(24-19)28(26-25-16)11-14-7-4-5-8-15(14)22/h4-5,7-8H,6,9-13H2,1-3H3. The van der Waals surface area contributed by atoms with Crippen molar-refractivity contribution in [3.05, 3.63) is 40.7 Å². The molecule has 2 aliphatic rings. The molecule has 7 nitrogen and oxygen atoms in total. The van der Waals surface area contributed by atoms with Gasteiger partial charge in [0.15, 0.2) is 17.0 Å². The van der Waals surface area contributed by atoms with Crippen LogP contribution in [0.1, 0.15) is 45.0 Å². The lowest BCUT2D eigenvalue weighted by Gasteiger charge is -2.45. The molecule has 4 heterocycles. The quantitative estimate of drug-likeness (QED) is 0.654. The van der Waals surface area contributed by atoms with Gasteiger partial charge < -0.3 is 9.64 Å². The van der Waals surface area contributed by atoms with Gasteiger partial charge >= 0.3 is 0 Å². The third kappa shape index (κ3) is 3.07. The molecule has 0 saturated carbocycles. The molecule has 0 radical (unpaired) electrons. The van der Waals surface area contributed by atoms with Crippen molar-refractivity contribution in [1.82, 2.24) is 25.0 Å². The van der Waals surface area contributed by atoms with E-state index >= 15 is 0 Å². The highest BCUT2D eigenvalue weighted by Crippen LogP contribution is 2.41. The maximum absolute atomic E-state index is 6.38. The maximum Gasteiger partial charge on any atom is 0.184 e. The highest BCUT2D eigenvalue weighted by atomic mass is 35.5. The van der Waals surface area contributed by atoms with Gasteiger partial charge in [-0.1, -0.05) is 55.8 Å². The Morgan fingerprint density at radius 3 is 2.66 bits per heavy atom. The van der Waals surface area contributed by atoms with Gasteiger partial charge in [0.1, 0.15) is 5.82 Å². The van der Waals surface area contributed by atoms with E-state index in [-0.39, 0.29) is 11.0 Å². The summed E-state index contributed by atoms with van der Waals surface area (Å²) in [5, 5.41) is 9.64. The molecule has 8 heteroatoms. The highest BCUT2D eigenvalue weighted by Gasteiger charge is 2.49. The largest absolute Gasteiger partial charge is 0.376 e. The lowest BCUT2D eigenvalue weighted by molar-refractivity contribution is -0.0507. The van der Waals surface area contributed by atoms with Gasteiger partial charge in [0.25, 0.3) is 0 Å². The molecule has 0 aliphatic carbocycles. The molecule has 0 unspecified atom stereocenters. The Morgan fingerprint density at radius 2 is 1.97 bits per heavy atom. The van der Waals surface area contributed by atoms with Gasteiger partial charge in [-0.15, -0.1) is 5.10 Å². The molecule has 0 bridgehead atoms. The van der Waals surface area contributed by atoms with E-state index in [0.717, 1.165) is 61.0 Å². The number of rotatable bonds is 3. The lowest BCUT2D eigenvalue weighted by Crippen LogP contribution is -2.59. The minimum atomic E-state index is -0.189. The Balaban J connectivity index is 1.65. The normalized spacial score (nSPS) is 18.6. The Labute approximate surface area is 175 Å². The van der Waals surface area contributed by atoms with Crippen molar-refractivity contribution in [1.29, 1.82) is 0 Å². The first-order chi connectivity index (χ1) is 13.9. The average Bonchev–Trinajstić information content (AvgIpc) is 3.26. The second kappa shape index (κ2) is 6.64. The summed E-state index contributed by atoms with van der Waals surface area (Å²) in [5.41, 5.74) is 2.35. The number of hydrogen-bond acceptors (Lipinski definition) is 6. The molecule has 2 aromatic heterocycles. The summed E-state index contributed by atoms with van der Waals surface area (Å²) >= 11 is 6.38. The van der Waals surface area contributed by atoms with Crippen LogP contribution in [0.15, 0.2) is 24.3 Å². The van der Waals surface area contributed by atoms with Crippen molar-refractivity contribution in [2.45, 2.75) is 51.1 Å². The average molecular weight is 413 g/mol. The van der Waals surface area contributed by atoms with Crippen LogP contribution < -0.4 is 4.90 Å². The summed E-state index contributed by atoms with van der Waals surface area (Å²) in [7, 11) is 0. The Kier molecular flexibility index (Phi) is 4.29. The molecule has 0 atom stereocenters. The molecule has 2 saturated heterocycles. The molecule has 3 aromatic rings. The van der Waals surface area contributed by atoms with Gasteiger partial charge in [-0.2, -0.15) is 0 Å². The molecule has 2 aliphatic heterocycles. The third-order valence-corrected chi connectivity index (χ3v) is 6.26. The fraction of sp³-hybridized carbons (Fsp3) is 0.524. The van der Waals surface area contributed by atoms with Crippen molar-refractivity contribution in [3.8, 4) is 0 Å². The second-order valence-corrected chi connectivity index (χ2v) is 9.51. The molecule has 2 fully saturated rings. The summed E-state index contributed by atoms with van der Waals surface area (Å²) in [6, 6.07) is 7.80. The molecule has 1 spiro atoms. The fourth-order valence-corrected chi connectivity index (χ4v) is 4.36. The zero-order chi connectivity index (χ0) is 20.2. The number of nitrogens with zero attached hydrogens (tertiary/aromatic N) is 6. The number of hydrogen-bond donors (Lipinski definition) is 0. The Bertz CT molecular complexity index is 1070. The number of fused-ring (bicyclic) bond motifs is 1. The van der Waals surface area contributed by atoms with E-state index < -0.39 is 0 Å². The number of aromatic nitrogens is 5. The van der Waals surface area contributed by atoms with Gasteiger partial charge in [0.05, 0.1) is 25.3 Å². The van der Waals surface area contributed by atoms with Gasteiger partial charge in [0.2, 0.25) is 0 Å². The first-order valence-electron chi connectivity index (χ1n) is 10.1. The van der Waals surface area contributed by atoms with E-state index in [1.54, 1.807) is 0 Å². The lowest BCUT2D eigenvalue weighted by atomic mass is 9.93. The molecule has 0 N–H and O–H groups in total. The predicted octanol–water partition coefficient (Wildman–Crippen LogP) is 3.59. The number of benzene rings is 1. The molecule has 152 valence electrons. The Morgan fingerprint density at radius 1 is 1.17 bits per heavy atom. The summed E-state index contributed by atoms with van der Waals surface area (Å²) in [6.45, 7) is 9.36. The monoisotopic (exact) mass is 412 g/mol. The summed E-state index contributed by atoms with van der Waals surface area (Å²) in [5.74, 6) is 1.68. The number of anilines is 1. The van der Waals surface area contributed by atoms with Crippen LogP contribution in [-0.4, -0.2) is 50.3 Å². The molecule has 0 amide bonds. The van der Waals surface area contributed by atoms with Crippen molar-refractivity contribution >= 4 is 28.6 Å². The number of halogens is 1. The smallest absolute Gasteiger partial charge is 0.184 e. The summed E-state index contributed by atoms with van der Waals surface area (Å²) in [4.78, 5) is 12.2. The van der Waals surface area contributed by atoms with Crippen LogP contribution in [0.25, 0.3) is 11.2 Å². The van der Waals surface area contributed by atoms with Gasteiger partial charge in [-0.25, -0.2) is 14.6 Å². The molecular weight excluding hydrogens is 388 g/mol. The van der Waals surface area contributed by atoms with Crippen LogP contribution in [0.4, 0.5) is 5.82 Å². The molecule has 1 aromatic carbocycles. The van der Waals surface area contributed by atoms with Crippen LogP contribution in [0.3, 0.4) is 0 Å². The van der Waals surface area contributed by atoms with E-state index in [2.05, 4.69) is 36.0 Å². The molecule has 29 heavy (non-hydrogen) atoms. The zero-order valence-corrected chi connectivity index (χ0v) is 17.8. The molecule has 5 rings (SSSR count). The zero-order valence-electron chi connectivity index (χ0n) is 17.0. The predicted molar refractivity (Wildman–Crippen MR) is 113 cm³/mol. The summed E-state index contributed by atoms with van der Waals surface area (Å²) in [6.07, 6.45) is 2.25. The minimum Gasteiger partial charge on any atom is -0.376 e. The highest BCUT2D eigenvalue weighted by molar-refractivity contribution is 6.31. The fourth-order valence-electron chi connectivity index (χ4n) is 4.17.